The second kappa shape index (κ2) is 14.0. The fourth-order valence-electron chi connectivity index (χ4n) is 3.46. The average Bonchev–Trinajstić information content (AvgIpc) is 3.38. The third kappa shape index (κ3) is 8.47. The Morgan fingerprint density at radius 1 is 1.00 bits per heavy atom. The Bertz CT molecular complexity index is 1000. The lowest BCUT2D eigenvalue weighted by Gasteiger charge is -2.26. The molecule has 196 valence electrons. The molecular formula is C24H34N6O6. The van der Waals surface area contributed by atoms with Crippen LogP contribution in [0, 0.1) is 5.92 Å². The van der Waals surface area contributed by atoms with E-state index in [1.807, 2.05) is 6.92 Å². The second-order valence-corrected chi connectivity index (χ2v) is 8.59. The number of nitrogens with zero attached hydrogens (tertiary/aromatic N) is 1. The van der Waals surface area contributed by atoms with Crippen LogP contribution in [0.5, 0.6) is 0 Å². The maximum absolute atomic E-state index is 13.3. The molecule has 0 saturated heterocycles. The number of hydrogen-bond donors (Lipinski definition) is 7. The van der Waals surface area contributed by atoms with Gasteiger partial charge >= 0.3 is 5.97 Å². The standard InChI is InChI=1S/C24H34N6O6/c1-3-14(2)20(24(35)36)30-23(34)19(10-16-11-26-13-27-16)29-22(33)18(28-21(32)17(25)12-31)9-15-7-5-4-6-8-15/h4-8,11,13-14,17-20,31H,3,9-10,12,25H2,1-2H3,(H,26,27)(H,28,32)(H,29,33)(H,30,34)(H,35,36). The normalized spacial score (nSPS) is 15.1. The van der Waals surface area contributed by atoms with E-state index in [1.165, 1.54) is 12.5 Å². The van der Waals surface area contributed by atoms with Crippen molar-refractivity contribution >= 4 is 23.7 Å². The number of imidazole rings is 1. The Labute approximate surface area is 209 Å². The molecule has 1 aromatic heterocycles. The molecule has 0 aliphatic heterocycles. The van der Waals surface area contributed by atoms with Gasteiger partial charge in [-0.05, 0) is 11.5 Å². The topological polar surface area (TPSA) is 200 Å². The summed E-state index contributed by atoms with van der Waals surface area (Å²) in [6.45, 7) is 2.91. The molecule has 2 rings (SSSR count). The number of nitrogens with two attached hydrogens (primary N) is 1. The zero-order chi connectivity index (χ0) is 26.7. The highest BCUT2D eigenvalue weighted by atomic mass is 16.4. The second-order valence-electron chi connectivity index (χ2n) is 8.59. The number of H-pyrrole nitrogens is 1. The molecule has 5 atom stereocenters. The highest BCUT2D eigenvalue weighted by molar-refractivity contribution is 5.94. The van der Waals surface area contributed by atoms with Crippen molar-refractivity contribution in [2.75, 3.05) is 6.61 Å². The van der Waals surface area contributed by atoms with Crippen molar-refractivity contribution in [3.8, 4) is 0 Å². The molecule has 8 N–H and O–H groups in total. The van der Waals surface area contributed by atoms with Crippen LogP contribution in [-0.2, 0) is 32.0 Å². The predicted molar refractivity (Wildman–Crippen MR) is 130 cm³/mol. The third-order valence-electron chi connectivity index (χ3n) is 5.84. The van der Waals surface area contributed by atoms with Gasteiger partial charge in [0, 0.05) is 24.7 Å². The van der Waals surface area contributed by atoms with E-state index in [1.54, 1.807) is 37.3 Å². The van der Waals surface area contributed by atoms with Crippen molar-refractivity contribution in [1.29, 1.82) is 0 Å². The van der Waals surface area contributed by atoms with Gasteiger partial charge in [0.05, 0.1) is 12.9 Å². The summed E-state index contributed by atoms with van der Waals surface area (Å²) in [4.78, 5) is 57.3. The summed E-state index contributed by atoms with van der Waals surface area (Å²) >= 11 is 0. The van der Waals surface area contributed by atoms with E-state index in [0.717, 1.165) is 5.56 Å². The minimum Gasteiger partial charge on any atom is -0.480 e. The van der Waals surface area contributed by atoms with Gasteiger partial charge in [-0.2, -0.15) is 0 Å². The number of aliphatic hydroxyl groups excluding tert-OH is 1. The molecule has 0 aliphatic rings. The van der Waals surface area contributed by atoms with E-state index in [0.29, 0.717) is 12.1 Å². The van der Waals surface area contributed by atoms with Crippen LogP contribution in [0.25, 0.3) is 0 Å². The van der Waals surface area contributed by atoms with E-state index in [9.17, 15) is 29.4 Å². The van der Waals surface area contributed by atoms with Crippen LogP contribution >= 0.6 is 0 Å². The number of hydrogen-bond acceptors (Lipinski definition) is 7. The molecule has 1 aromatic carbocycles. The third-order valence-corrected chi connectivity index (χ3v) is 5.84. The fourth-order valence-corrected chi connectivity index (χ4v) is 3.46. The van der Waals surface area contributed by atoms with Gasteiger partial charge in [-0.3, -0.25) is 14.4 Å². The summed E-state index contributed by atoms with van der Waals surface area (Å²) in [7, 11) is 0. The van der Waals surface area contributed by atoms with E-state index < -0.39 is 54.5 Å². The number of aliphatic carboxylic acids is 1. The van der Waals surface area contributed by atoms with Gasteiger partial charge < -0.3 is 36.9 Å². The minimum absolute atomic E-state index is 0.00652. The first-order chi connectivity index (χ1) is 17.2. The fraction of sp³-hybridized carbons (Fsp3) is 0.458. The molecule has 36 heavy (non-hydrogen) atoms. The van der Waals surface area contributed by atoms with Crippen molar-refractivity contribution in [3.05, 3.63) is 54.1 Å². The summed E-state index contributed by atoms with van der Waals surface area (Å²) in [5.74, 6) is -3.63. The Balaban J connectivity index is 2.27. The highest BCUT2D eigenvalue weighted by Crippen LogP contribution is 2.10. The van der Waals surface area contributed by atoms with Gasteiger partial charge in [-0.25, -0.2) is 9.78 Å². The number of carboxylic acid groups (broad SMARTS) is 1. The van der Waals surface area contributed by atoms with Gasteiger partial charge in [-0.1, -0.05) is 50.6 Å². The van der Waals surface area contributed by atoms with Gasteiger partial charge in [0.1, 0.15) is 24.2 Å². The number of carbonyl (C=O) groups excluding carboxylic acids is 3. The van der Waals surface area contributed by atoms with Crippen molar-refractivity contribution < 1.29 is 29.4 Å². The zero-order valence-electron chi connectivity index (χ0n) is 20.3. The number of carbonyl (C=O) groups is 4. The van der Waals surface area contributed by atoms with E-state index >= 15 is 0 Å². The number of carboxylic acids is 1. The van der Waals surface area contributed by atoms with Gasteiger partial charge in [0.15, 0.2) is 0 Å². The monoisotopic (exact) mass is 502 g/mol. The number of benzene rings is 1. The lowest BCUT2D eigenvalue weighted by Crippen LogP contribution is -2.59. The molecule has 12 heteroatoms. The summed E-state index contributed by atoms with van der Waals surface area (Å²) in [5.41, 5.74) is 6.88. The van der Waals surface area contributed by atoms with Crippen molar-refractivity contribution in [1.82, 2.24) is 25.9 Å². The van der Waals surface area contributed by atoms with Crippen molar-refractivity contribution in [2.24, 2.45) is 11.7 Å². The predicted octanol–water partition coefficient (Wildman–Crippen LogP) is -0.900. The highest BCUT2D eigenvalue weighted by Gasteiger charge is 2.32. The van der Waals surface area contributed by atoms with Crippen LogP contribution in [0.15, 0.2) is 42.9 Å². The number of aromatic amines is 1. The first-order valence-corrected chi connectivity index (χ1v) is 11.7. The zero-order valence-corrected chi connectivity index (χ0v) is 20.3. The molecule has 0 fully saturated rings. The van der Waals surface area contributed by atoms with E-state index in [-0.39, 0.29) is 18.8 Å². The van der Waals surface area contributed by atoms with Gasteiger partial charge in [0.2, 0.25) is 17.7 Å². The van der Waals surface area contributed by atoms with Crippen LogP contribution in [0.4, 0.5) is 0 Å². The Kier molecular flexibility index (Phi) is 11.0. The Morgan fingerprint density at radius 2 is 1.61 bits per heavy atom. The largest absolute Gasteiger partial charge is 0.480 e. The number of aromatic nitrogens is 2. The molecule has 5 unspecified atom stereocenters. The van der Waals surface area contributed by atoms with Crippen molar-refractivity contribution in [2.45, 2.75) is 57.3 Å². The summed E-state index contributed by atoms with van der Waals surface area (Å²) in [5, 5.41) is 26.4. The maximum Gasteiger partial charge on any atom is 0.326 e. The Morgan fingerprint density at radius 3 is 2.17 bits per heavy atom. The SMILES string of the molecule is CCC(C)C(NC(=O)C(Cc1cnc[nH]1)NC(=O)C(Cc1ccccc1)NC(=O)C(N)CO)C(=O)O. The van der Waals surface area contributed by atoms with Crippen molar-refractivity contribution in [3.63, 3.8) is 0 Å². The molecule has 1 heterocycles. The minimum atomic E-state index is -1.23. The molecule has 0 bridgehead atoms. The first-order valence-electron chi connectivity index (χ1n) is 11.7. The molecule has 3 amide bonds. The summed E-state index contributed by atoms with van der Waals surface area (Å²) in [6, 6.07) is 4.26. The lowest BCUT2D eigenvalue weighted by atomic mass is 9.98. The molecule has 0 saturated carbocycles. The van der Waals surface area contributed by atoms with E-state index in [4.69, 9.17) is 5.73 Å². The average molecular weight is 503 g/mol. The van der Waals surface area contributed by atoms with Crippen LogP contribution in [0.3, 0.4) is 0 Å². The molecule has 12 nitrogen and oxygen atoms in total. The van der Waals surface area contributed by atoms with Crippen LogP contribution in [0.1, 0.15) is 31.5 Å². The molecule has 0 spiro atoms. The first kappa shape index (κ1) is 28.5. The summed E-state index contributed by atoms with van der Waals surface area (Å²) in [6.07, 6.45) is 3.52. The quantitative estimate of drug-likeness (QED) is 0.172. The smallest absolute Gasteiger partial charge is 0.326 e. The Hall–Kier alpha value is -3.77. The van der Waals surface area contributed by atoms with Crippen LogP contribution < -0.4 is 21.7 Å². The summed E-state index contributed by atoms with van der Waals surface area (Å²) < 4.78 is 0. The number of nitrogens with one attached hydrogen (secondary N) is 4. The molecule has 2 aromatic rings. The molecule has 0 aliphatic carbocycles. The number of rotatable bonds is 14. The van der Waals surface area contributed by atoms with E-state index in [2.05, 4.69) is 25.9 Å². The maximum atomic E-state index is 13.3. The van der Waals surface area contributed by atoms with Crippen LogP contribution in [-0.4, -0.2) is 74.6 Å². The van der Waals surface area contributed by atoms with Gasteiger partial charge in [0.25, 0.3) is 0 Å². The van der Waals surface area contributed by atoms with Gasteiger partial charge in [-0.15, -0.1) is 0 Å². The number of amides is 3. The molecular weight excluding hydrogens is 468 g/mol. The van der Waals surface area contributed by atoms with Crippen LogP contribution in [0.2, 0.25) is 0 Å². The lowest BCUT2D eigenvalue weighted by molar-refractivity contribution is -0.143. The molecule has 0 radical (unpaired) electrons. The number of aliphatic hydroxyl groups is 1.